The topological polar surface area (TPSA) is 74.8 Å². The van der Waals surface area contributed by atoms with Gasteiger partial charge in [-0.3, -0.25) is 9.59 Å². The SMILES string of the molecule is CCC(C)Sc1nc2c(c(=O)[nH]1)C(c1ccc(Cl)cc1)C1=C(CCCC1=O)N2. The molecule has 2 aliphatic rings. The van der Waals surface area contributed by atoms with Gasteiger partial charge in [0.15, 0.2) is 10.9 Å². The van der Waals surface area contributed by atoms with E-state index >= 15 is 0 Å². The van der Waals surface area contributed by atoms with Gasteiger partial charge in [-0.1, -0.05) is 49.3 Å². The quantitative estimate of drug-likeness (QED) is 0.550. The highest BCUT2D eigenvalue weighted by molar-refractivity contribution is 7.99. The van der Waals surface area contributed by atoms with Crippen LogP contribution in [0.1, 0.15) is 56.6 Å². The summed E-state index contributed by atoms with van der Waals surface area (Å²) in [6.07, 6.45) is 3.08. The summed E-state index contributed by atoms with van der Waals surface area (Å²) in [6, 6.07) is 7.35. The van der Waals surface area contributed by atoms with Crippen molar-refractivity contribution in [3.63, 3.8) is 0 Å². The van der Waals surface area contributed by atoms with Gasteiger partial charge in [0.25, 0.3) is 5.56 Å². The average molecular weight is 416 g/mol. The monoisotopic (exact) mass is 415 g/mol. The summed E-state index contributed by atoms with van der Waals surface area (Å²) in [7, 11) is 0. The summed E-state index contributed by atoms with van der Waals surface area (Å²) in [5.41, 5.74) is 2.76. The van der Waals surface area contributed by atoms with Gasteiger partial charge in [0.1, 0.15) is 5.82 Å². The highest BCUT2D eigenvalue weighted by Crippen LogP contribution is 2.43. The summed E-state index contributed by atoms with van der Waals surface area (Å²) >= 11 is 7.61. The van der Waals surface area contributed by atoms with E-state index < -0.39 is 5.92 Å². The lowest BCUT2D eigenvalue weighted by molar-refractivity contribution is -0.116. The molecule has 2 atom stereocenters. The molecule has 0 saturated heterocycles. The molecule has 28 heavy (non-hydrogen) atoms. The first-order chi connectivity index (χ1) is 13.5. The normalized spacial score (nSPS) is 19.7. The van der Waals surface area contributed by atoms with Gasteiger partial charge < -0.3 is 10.3 Å². The van der Waals surface area contributed by atoms with Gasteiger partial charge in [0.2, 0.25) is 0 Å². The van der Waals surface area contributed by atoms with Crippen LogP contribution in [0.5, 0.6) is 0 Å². The fourth-order valence-electron chi connectivity index (χ4n) is 3.76. The Labute approximate surface area is 173 Å². The van der Waals surface area contributed by atoms with Crippen LogP contribution in [0.25, 0.3) is 0 Å². The molecule has 0 bridgehead atoms. The second kappa shape index (κ2) is 7.76. The molecular formula is C21H22ClN3O2S. The molecule has 1 aliphatic carbocycles. The Morgan fingerprint density at radius 3 is 2.71 bits per heavy atom. The Hall–Kier alpha value is -2.05. The zero-order chi connectivity index (χ0) is 19.8. The predicted octanol–water partition coefficient (Wildman–Crippen LogP) is 4.88. The molecule has 2 unspecified atom stereocenters. The van der Waals surface area contributed by atoms with Crippen molar-refractivity contribution in [2.75, 3.05) is 5.32 Å². The van der Waals surface area contributed by atoms with Crippen molar-refractivity contribution < 1.29 is 4.79 Å². The van der Waals surface area contributed by atoms with Crippen LogP contribution in [-0.4, -0.2) is 21.0 Å². The molecule has 0 radical (unpaired) electrons. The zero-order valence-electron chi connectivity index (χ0n) is 15.8. The third-order valence-electron chi connectivity index (χ3n) is 5.33. The van der Waals surface area contributed by atoms with Crippen molar-refractivity contribution in [3.05, 3.63) is 62.0 Å². The van der Waals surface area contributed by atoms with Crippen LogP contribution in [-0.2, 0) is 4.79 Å². The number of nitrogens with one attached hydrogen (secondary N) is 2. The number of carbonyl (C=O) groups is 1. The molecule has 146 valence electrons. The van der Waals surface area contributed by atoms with E-state index in [-0.39, 0.29) is 11.3 Å². The predicted molar refractivity (Wildman–Crippen MR) is 113 cm³/mol. The lowest BCUT2D eigenvalue weighted by Crippen LogP contribution is -2.32. The van der Waals surface area contributed by atoms with Crippen LogP contribution in [0.4, 0.5) is 5.82 Å². The van der Waals surface area contributed by atoms with Crippen LogP contribution >= 0.6 is 23.4 Å². The van der Waals surface area contributed by atoms with Crippen molar-refractivity contribution >= 4 is 35.0 Å². The molecule has 0 amide bonds. The molecule has 7 heteroatoms. The Bertz CT molecular complexity index is 1010. The van der Waals surface area contributed by atoms with Gasteiger partial charge in [0, 0.05) is 33.9 Å². The molecule has 5 nitrogen and oxygen atoms in total. The van der Waals surface area contributed by atoms with E-state index in [1.165, 1.54) is 0 Å². The number of thioether (sulfide) groups is 1. The average Bonchev–Trinajstić information content (AvgIpc) is 2.67. The number of benzene rings is 1. The Balaban J connectivity index is 1.88. The summed E-state index contributed by atoms with van der Waals surface area (Å²) in [4.78, 5) is 33.5. The minimum Gasteiger partial charge on any atom is -0.343 e. The van der Waals surface area contributed by atoms with Crippen molar-refractivity contribution in [3.8, 4) is 0 Å². The highest BCUT2D eigenvalue weighted by Gasteiger charge is 2.37. The largest absolute Gasteiger partial charge is 0.343 e. The molecule has 2 N–H and O–H groups in total. The number of hydrogen-bond acceptors (Lipinski definition) is 5. The number of anilines is 1. The van der Waals surface area contributed by atoms with Crippen LogP contribution in [0.3, 0.4) is 0 Å². The smallest absolute Gasteiger partial charge is 0.257 e. The molecular weight excluding hydrogens is 394 g/mol. The van der Waals surface area contributed by atoms with Crippen LogP contribution < -0.4 is 10.9 Å². The van der Waals surface area contributed by atoms with Gasteiger partial charge in [-0.25, -0.2) is 4.98 Å². The second-order valence-electron chi connectivity index (χ2n) is 7.25. The second-order valence-corrected chi connectivity index (χ2v) is 9.11. The number of allylic oxidation sites excluding steroid dienone is 2. The fourth-order valence-corrected chi connectivity index (χ4v) is 4.73. The number of rotatable bonds is 4. The van der Waals surface area contributed by atoms with E-state index in [4.69, 9.17) is 16.6 Å². The zero-order valence-corrected chi connectivity index (χ0v) is 17.4. The number of Topliss-reactive ketones (excluding diaryl/α,β-unsaturated/α-hetero) is 1. The first kappa shape index (κ1) is 19.3. The first-order valence-corrected chi connectivity index (χ1v) is 10.8. The van der Waals surface area contributed by atoms with Gasteiger partial charge >= 0.3 is 0 Å². The van der Waals surface area contributed by atoms with Gasteiger partial charge in [0.05, 0.1) is 5.56 Å². The van der Waals surface area contributed by atoms with E-state index in [9.17, 15) is 9.59 Å². The number of halogens is 1. The van der Waals surface area contributed by atoms with Crippen molar-refractivity contribution in [1.82, 2.24) is 9.97 Å². The van der Waals surface area contributed by atoms with Gasteiger partial charge in [-0.05, 0) is 37.0 Å². The molecule has 0 saturated carbocycles. The van der Waals surface area contributed by atoms with E-state index in [1.807, 2.05) is 12.1 Å². The van der Waals surface area contributed by atoms with E-state index in [1.54, 1.807) is 23.9 Å². The number of aromatic nitrogens is 2. The van der Waals surface area contributed by atoms with Crippen molar-refractivity contribution in [1.29, 1.82) is 0 Å². The third-order valence-corrected chi connectivity index (χ3v) is 6.73. The van der Waals surface area contributed by atoms with E-state index in [2.05, 4.69) is 24.1 Å². The fraction of sp³-hybridized carbons (Fsp3) is 0.381. The third kappa shape index (κ3) is 3.51. The maximum atomic E-state index is 13.1. The van der Waals surface area contributed by atoms with Crippen LogP contribution in [0.15, 0.2) is 45.5 Å². The Kier molecular flexibility index (Phi) is 5.34. The first-order valence-electron chi connectivity index (χ1n) is 9.57. The van der Waals surface area contributed by atoms with Crippen LogP contribution in [0, 0.1) is 0 Å². The van der Waals surface area contributed by atoms with Crippen molar-refractivity contribution in [2.24, 2.45) is 0 Å². The summed E-state index contributed by atoms with van der Waals surface area (Å²) < 4.78 is 0. The molecule has 1 aromatic heterocycles. The minimum atomic E-state index is -0.421. The Morgan fingerprint density at radius 2 is 2.00 bits per heavy atom. The lowest BCUT2D eigenvalue weighted by atomic mass is 9.76. The summed E-state index contributed by atoms with van der Waals surface area (Å²) in [6.45, 7) is 4.21. The maximum Gasteiger partial charge on any atom is 0.257 e. The number of ketones is 1. The van der Waals surface area contributed by atoms with E-state index in [0.29, 0.717) is 38.8 Å². The van der Waals surface area contributed by atoms with Crippen molar-refractivity contribution in [2.45, 2.75) is 55.9 Å². The number of nitrogens with zero attached hydrogens (tertiary/aromatic N) is 1. The van der Waals surface area contributed by atoms with E-state index in [0.717, 1.165) is 30.5 Å². The number of H-pyrrole nitrogens is 1. The summed E-state index contributed by atoms with van der Waals surface area (Å²) in [5, 5.41) is 4.87. The summed E-state index contributed by atoms with van der Waals surface area (Å²) in [5.74, 6) is 0.231. The minimum absolute atomic E-state index is 0.0943. The highest BCUT2D eigenvalue weighted by atomic mass is 35.5. The lowest BCUT2D eigenvalue weighted by Gasteiger charge is -2.32. The maximum absolute atomic E-state index is 13.1. The van der Waals surface area contributed by atoms with Gasteiger partial charge in [-0.15, -0.1) is 0 Å². The Morgan fingerprint density at radius 1 is 1.25 bits per heavy atom. The molecule has 1 aromatic carbocycles. The molecule has 4 rings (SSSR count). The number of fused-ring (bicyclic) bond motifs is 1. The number of hydrogen-bond donors (Lipinski definition) is 2. The molecule has 0 spiro atoms. The number of aromatic amines is 1. The molecule has 2 heterocycles. The molecule has 2 aromatic rings. The van der Waals surface area contributed by atoms with Gasteiger partial charge in [-0.2, -0.15) is 0 Å². The standard InChI is InChI=1S/C21H22ClN3O2S/c1-3-11(2)28-21-24-19-18(20(27)25-21)16(12-7-9-13(22)10-8-12)17-14(23-19)5-4-6-15(17)26/h7-11,16H,3-6H2,1-2H3,(H2,23,24,25,27). The van der Waals surface area contributed by atoms with Crippen LogP contribution in [0.2, 0.25) is 5.02 Å². The molecule has 0 fully saturated rings. The number of carbonyl (C=O) groups excluding carboxylic acids is 1. The molecule has 1 aliphatic heterocycles.